The molecule has 0 aliphatic carbocycles. The van der Waals surface area contributed by atoms with Gasteiger partial charge in [0.15, 0.2) is 5.65 Å². The monoisotopic (exact) mass is 498 g/mol. The number of nitrogens with zero attached hydrogens (tertiary/aromatic N) is 3. The minimum absolute atomic E-state index is 0.146. The van der Waals surface area contributed by atoms with E-state index in [0.29, 0.717) is 36.4 Å². The molecule has 2 heterocycles. The van der Waals surface area contributed by atoms with Crippen LogP contribution in [-0.4, -0.2) is 44.6 Å². The molecule has 4 aromatic rings. The molecule has 2 aromatic heterocycles. The van der Waals surface area contributed by atoms with E-state index in [1.54, 1.807) is 24.4 Å². The molecule has 1 atom stereocenters. The summed E-state index contributed by atoms with van der Waals surface area (Å²) in [6.45, 7) is 0.126. The molecule has 10 heteroatoms. The number of aliphatic hydroxyl groups is 1. The highest BCUT2D eigenvalue weighted by atomic mass is 19.4. The molecule has 0 spiro atoms. The van der Waals surface area contributed by atoms with Gasteiger partial charge in [-0.2, -0.15) is 0 Å². The number of aliphatic hydroxyl groups excluding tert-OH is 1. The van der Waals surface area contributed by atoms with Crippen LogP contribution in [0, 0.1) is 0 Å². The molecule has 4 rings (SSSR count). The number of nitrogens with one attached hydrogen (secondary N) is 1. The van der Waals surface area contributed by atoms with Crippen LogP contribution in [0.2, 0.25) is 0 Å². The molecule has 36 heavy (non-hydrogen) atoms. The van der Waals surface area contributed by atoms with Crippen LogP contribution in [0.25, 0.3) is 11.2 Å². The van der Waals surface area contributed by atoms with Crippen LogP contribution < -0.4 is 10.1 Å². The Morgan fingerprint density at radius 3 is 2.47 bits per heavy atom. The number of fused-ring (bicyclic) bond motifs is 1. The molecule has 188 valence electrons. The number of imidazole rings is 1. The second-order valence-corrected chi connectivity index (χ2v) is 8.29. The molecule has 2 aromatic carbocycles. The van der Waals surface area contributed by atoms with Crippen LogP contribution in [0.5, 0.6) is 5.75 Å². The van der Waals surface area contributed by atoms with Gasteiger partial charge in [0, 0.05) is 19.0 Å². The summed E-state index contributed by atoms with van der Waals surface area (Å²) in [7, 11) is 0. The second kappa shape index (κ2) is 11.2. The van der Waals surface area contributed by atoms with Gasteiger partial charge in [0.25, 0.3) is 0 Å². The number of alkyl halides is 3. The maximum absolute atomic E-state index is 12.6. The second-order valence-electron chi connectivity index (χ2n) is 8.29. The summed E-state index contributed by atoms with van der Waals surface area (Å²) in [5, 5.41) is 12.6. The molecular formula is C26H25F3N4O3. The Labute approximate surface area is 205 Å². The fourth-order valence-corrected chi connectivity index (χ4v) is 3.93. The lowest BCUT2D eigenvalue weighted by Crippen LogP contribution is -2.39. The lowest BCUT2D eigenvalue weighted by Gasteiger charge is -2.16. The van der Waals surface area contributed by atoms with Gasteiger partial charge >= 0.3 is 6.36 Å². The van der Waals surface area contributed by atoms with Crippen LogP contribution in [0.1, 0.15) is 23.4 Å². The number of aryl methyl sites for hydroxylation is 1. The van der Waals surface area contributed by atoms with E-state index < -0.39 is 12.4 Å². The first-order chi connectivity index (χ1) is 17.3. The number of carbonyl (C=O) groups excluding carboxylic acids is 1. The summed E-state index contributed by atoms with van der Waals surface area (Å²) in [4.78, 5) is 21.6. The molecule has 0 bridgehead atoms. The number of halogens is 3. The van der Waals surface area contributed by atoms with Crippen molar-refractivity contribution < 1.29 is 27.8 Å². The third-order valence-corrected chi connectivity index (χ3v) is 5.57. The van der Waals surface area contributed by atoms with Crippen molar-refractivity contribution in [3.8, 4) is 5.75 Å². The zero-order chi connectivity index (χ0) is 25.5. The highest BCUT2D eigenvalue weighted by Gasteiger charge is 2.31. The van der Waals surface area contributed by atoms with Gasteiger partial charge in [-0.1, -0.05) is 42.5 Å². The molecule has 1 amide bonds. The maximum atomic E-state index is 12.6. The first kappa shape index (κ1) is 25.2. The quantitative estimate of drug-likeness (QED) is 0.345. The number of carbonyl (C=O) groups is 1. The predicted octanol–water partition coefficient (Wildman–Crippen LogP) is 4.03. The Balaban J connectivity index is 1.44. The SMILES string of the molecule is O=C(CCc1nc2cccnc2n1Cc1ccc(OC(F)(F)F)cc1)NC(CO)Cc1ccccc1. The van der Waals surface area contributed by atoms with Gasteiger partial charge in [-0.3, -0.25) is 4.79 Å². The van der Waals surface area contributed by atoms with E-state index in [-0.39, 0.29) is 24.7 Å². The van der Waals surface area contributed by atoms with Gasteiger partial charge in [0.05, 0.1) is 19.2 Å². The lowest BCUT2D eigenvalue weighted by molar-refractivity contribution is -0.274. The molecule has 0 saturated carbocycles. The number of hydrogen-bond acceptors (Lipinski definition) is 5. The van der Waals surface area contributed by atoms with Crippen molar-refractivity contribution in [1.82, 2.24) is 19.9 Å². The molecule has 7 nitrogen and oxygen atoms in total. The smallest absolute Gasteiger partial charge is 0.406 e. The van der Waals surface area contributed by atoms with Crippen LogP contribution in [0.4, 0.5) is 13.2 Å². The average molecular weight is 499 g/mol. The summed E-state index contributed by atoms with van der Waals surface area (Å²) in [6, 6.07) is 18.3. The molecule has 0 aliphatic heterocycles. The number of aromatic nitrogens is 3. The molecule has 0 fully saturated rings. The van der Waals surface area contributed by atoms with Crippen LogP contribution in [0.15, 0.2) is 72.9 Å². The Morgan fingerprint density at radius 2 is 1.78 bits per heavy atom. The van der Waals surface area contributed by atoms with Gasteiger partial charge in [-0.25, -0.2) is 9.97 Å². The molecule has 0 radical (unpaired) electrons. The minimum Gasteiger partial charge on any atom is -0.406 e. The molecule has 1 unspecified atom stereocenters. The standard InChI is InChI=1S/C26H25F3N4O3/c27-26(28,29)36-21-10-8-19(9-11-21)16-33-23(32-22-7-4-14-30-25(22)33)12-13-24(35)31-20(17-34)15-18-5-2-1-3-6-18/h1-11,14,20,34H,12-13,15-17H2,(H,31,35). The lowest BCUT2D eigenvalue weighted by atomic mass is 10.1. The van der Waals surface area contributed by atoms with Crippen molar-refractivity contribution in [2.45, 2.75) is 38.2 Å². The highest BCUT2D eigenvalue weighted by Crippen LogP contribution is 2.24. The number of amides is 1. The van der Waals surface area contributed by atoms with Gasteiger partial charge in [0.1, 0.15) is 17.1 Å². The molecule has 0 aliphatic rings. The minimum atomic E-state index is -4.75. The van der Waals surface area contributed by atoms with Crippen molar-refractivity contribution in [3.05, 3.63) is 89.9 Å². The van der Waals surface area contributed by atoms with Crippen molar-refractivity contribution in [1.29, 1.82) is 0 Å². The zero-order valence-corrected chi connectivity index (χ0v) is 19.3. The average Bonchev–Trinajstić information content (AvgIpc) is 3.20. The number of benzene rings is 2. The van der Waals surface area contributed by atoms with E-state index in [1.807, 2.05) is 41.0 Å². The normalized spacial score (nSPS) is 12.4. The van der Waals surface area contributed by atoms with Crippen molar-refractivity contribution in [3.63, 3.8) is 0 Å². The van der Waals surface area contributed by atoms with E-state index in [0.717, 1.165) is 11.1 Å². The van der Waals surface area contributed by atoms with E-state index in [2.05, 4.69) is 20.0 Å². The summed E-state index contributed by atoms with van der Waals surface area (Å²) >= 11 is 0. The van der Waals surface area contributed by atoms with Crippen molar-refractivity contribution in [2.24, 2.45) is 0 Å². The topological polar surface area (TPSA) is 89.3 Å². The van der Waals surface area contributed by atoms with E-state index in [4.69, 9.17) is 0 Å². The fraction of sp³-hybridized carbons (Fsp3) is 0.269. The van der Waals surface area contributed by atoms with Gasteiger partial charge < -0.3 is 19.7 Å². The Bertz CT molecular complexity index is 1290. The van der Waals surface area contributed by atoms with Crippen LogP contribution in [0.3, 0.4) is 0 Å². The zero-order valence-electron chi connectivity index (χ0n) is 19.3. The summed E-state index contributed by atoms with van der Waals surface area (Å²) in [5.74, 6) is 0.106. The Morgan fingerprint density at radius 1 is 1.03 bits per heavy atom. The largest absolute Gasteiger partial charge is 0.573 e. The number of pyridine rings is 1. The first-order valence-electron chi connectivity index (χ1n) is 11.4. The first-order valence-corrected chi connectivity index (χ1v) is 11.4. The van der Waals surface area contributed by atoms with E-state index in [9.17, 15) is 23.1 Å². The molecule has 0 saturated heterocycles. The summed E-state index contributed by atoms with van der Waals surface area (Å²) < 4.78 is 43.1. The van der Waals surface area contributed by atoms with Crippen molar-refractivity contribution in [2.75, 3.05) is 6.61 Å². The van der Waals surface area contributed by atoms with Gasteiger partial charge in [-0.15, -0.1) is 13.2 Å². The van der Waals surface area contributed by atoms with Crippen LogP contribution in [-0.2, 0) is 24.2 Å². The van der Waals surface area contributed by atoms with Crippen molar-refractivity contribution >= 4 is 17.1 Å². The third-order valence-electron chi connectivity index (χ3n) is 5.57. The third kappa shape index (κ3) is 6.82. The number of ether oxygens (including phenoxy) is 1. The number of rotatable bonds is 10. The Hall–Kier alpha value is -3.92. The van der Waals surface area contributed by atoms with Gasteiger partial charge in [0.2, 0.25) is 5.91 Å². The highest BCUT2D eigenvalue weighted by molar-refractivity contribution is 5.77. The fourth-order valence-electron chi connectivity index (χ4n) is 3.93. The number of hydrogen-bond donors (Lipinski definition) is 2. The van der Waals surface area contributed by atoms with Gasteiger partial charge in [-0.05, 0) is 41.8 Å². The molecular weight excluding hydrogens is 473 g/mol. The maximum Gasteiger partial charge on any atom is 0.573 e. The van der Waals surface area contributed by atoms with E-state index >= 15 is 0 Å². The van der Waals surface area contributed by atoms with E-state index in [1.165, 1.54) is 12.1 Å². The van der Waals surface area contributed by atoms with Crippen LogP contribution >= 0.6 is 0 Å². The molecule has 2 N–H and O–H groups in total. The summed E-state index contributed by atoms with van der Waals surface area (Å²) in [5.41, 5.74) is 3.00. The predicted molar refractivity (Wildman–Crippen MR) is 127 cm³/mol. The Kier molecular flexibility index (Phi) is 7.84. The summed E-state index contributed by atoms with van der Waals surface area (Å²) in [6.07, 6.45) is -2.14.